The van der Waals surface area contributed by atoms with Gasteiger partial charge in [0.2, 0.25) is 11.8 Å². The molecule has 1 aliphatic heterocycles. The molecule has 3 heterocycles. The zero-order valence-electron chi connectivity index (χ0n) is 17.3. The summed E-state index contributed by atoms with van der Waals surface area (Å²) in [6.07, 6.45) is 2.77. The van der Waals surface area contributed by atoms with Crippen LogP contribution in [-0.4, -0.2) is 37.8 Å². The Hall–Kier alpha value is -4.27. The standard InChI is InChI=1S/C23H20N6O3/c1-15-6-5-9-18(10-15)27-13-16(11-20(27)30)22(31)26-28-14-24-21-19(23(28)32)12-25-29(21)17-7-3-2-4-8-17/h2-10,12,14,16H,11,13H2,1H3,(H,26,31). The Balaban J connectivity index is 1.37. The summed E-state index contributed by atoms with van der Waals surface area (Å²) in [4.78, 5) is 44.1. The third-order valence-corrected chi connectivity index (χ3v) is 5.53. The molecule has 32 heavy (non-hydrogen) atoms. The number of rotatable bonds is 4. The van der Waals surface area contributed by atoms with E-state index in [1.165, 1.54) is 12.5 Å². The van der Waals surface area contributed by atoms with Crippen molar-refractivity contribution in [2.75, 3.05) is 16.9 Å². The van der Waals surface area contributed by atoms with Crippen molar-refractivity contribution in [3.8, 4) is 5.69 Å². The second-order valence-electron chi connectivity index (χ2n) is 7.77. The van der Waals surface area contributed by atoms with Crippen LogP contribution in [0.15, 0.2) is 71.9 Å². The maximum Gasteiger partial charge on any atom is 0.283 e. The molecule has 1 unspecified atom stereocenters. The van der Waals surface area contributed by atoms with Crippen LogP contribution < -0.4 is 15.9 Å². The summed E-state index contributed by atoms with van der Waals surface area (Å²) in [6, 6.07) is 16.9. The van der Waals surface area contributed by atoms with Gasteiger partial charge in [-0.25, -0.2) is 14.3 Å². The van der Waals surface area contributed by atoms with E-state index >= 15 is 0 Å². The molecular formula is C23H20N6O3. The molecule has 0 radical (unpaired) electrons. The van der Waals surface area contributed by atoms with Gasteiger partial charge in [-0.15, -0.1) is 0 Å². The van der Waals surface area contributed by atoms with Crippen LogP contribution >= 0.6 is 0 Å². The van der Waals surface area contributed by atoms with E-state index in [2.05, 4.69) is 15.5 Å². The van der Waals surface area contributed by atoms with Crippen molar-refractivity contribution in [2.24, 2.45) is 5.92 Å². The average Bonchev–Trinajstić information content (AvgIpc) is 3.40. The number of nitrogens with zero attached hydrogens (tertiary/aromatic N) is 5. The highest BCUT2D eigenvalue weighted by atomic mass is 16.2. The van der Waals surface area contributed by atoms with E-state index in [9.17, 15) is 14.4 Å². The third-order valence-electron chi connectivity index (χ3n) is 5.53. The van der Waals surface area contributed by atoms with Crippen LogP contribution in [0.25, 0.3) is 16.7 Å². The highest BCUT2D eigenvalue weighted by molar-refractivity contribution is 6.01. The first kappa shape index (κ1) is 19.7. The van der Waals surface area contributed by atoms with Crippen molar-refractivity contribution in [1.29, 1.82) is 0 Å². The van der Waals surface area contributed by atoms with Crippen LogP contribution in [-0.2, 0) is 9.59 Å². The highest BCUT2D eigenvalue weighted by Crippen LogP contribution is 2.26. The van der Waals surface area contributed by atoms with Crippen LogP contribution in [0.3, 0.4) is 0 Å². The van der Waals surface area contributed by atoms with E-state index in [0.717, 1.165) is 21.6 Å². The molecule has 1 N–H and O–H groups in total. The smallest absolute Gasteiger partial charge is 0.283 e. The number of hydrogen-bond acceptors (Lipinski definition) is 5. The molecule has 2 amide bonds. The van der Waals surface area contributed by atoms with Crippen molar-refractivity contribution in [3.63, 3.8) is 0 Å². The molecule has 2 aromatic carbocycles. The van der Waals surface area contributed by atoms with Gasteiger partial charge in [0.05, 0.1) is 17.8 Å². The van der Waals surface area contributed by atoms with Crippen LogP contribution in [0.4, 0.5) is 5.69 Å². The lowest BCUT2D eigenvalue weighted by molar-refractivity contribution is -0.123. The average molecular weight is 428 g/mol. The zero-order chi connectivity index (χ0) is 22.2. The number of aryl methyl sites for hydroxylation is 1. The van der Waals surface area contributed by atoms with Crippen LogP contribution in [0.1, 0.15) is 12.0 Å². The van der Waals surface area contributed by atoms with Gasteiger partial charge in [0.15, 0.2) is 5.65 Å². The van der Waals surface area contributed by atoms with Crippen LogP contribution in [0.2, 0.25) is 0 Å². The summed E-state index contributed by atoms with van der Waals surface area (Å²) in [5, 5.41) is 4.54. The molecule has 0 bridgehead atoms. The van der Waals surface area contributed by atoms with Crippen molar-refractivity contribution in [1.82, 2.24) is 19.4 Å². The molecule has 2 aromatic heterocycles. The monoisotopic (exact) mass is 428 g/mol. The van der Waals surface area contributed by atoms with E-state index in [1.807, 2.05) is 61.5 Å². The Morgan fingerprint density at radius 2 is 1.84 bits per heavy atom. The maximum atomic E-state index is 12.9. The lowest BCUT2D eigenvalue weighted by atomic mass is 10.1. The zero-order valence-corrected chi connectivity index (χ0v) is 17.3. The fourth-order valence-corrected chi connectivity index (χ4v) is 3.89. The molecule has 0 spiro atoms. The van der Waals surface area contributed by atoms with Gasteiger partial charge in [0, 0.05) is 18.7 Å². The number of hydrogen-bond donors (Lipinski definition) is 1. The fourth-order valence-electron chi connectivity index (χ4n) is 3.89. The second kappa shape index (κ2) is 7.77. The first-order valence-corrected chi connectivity index (χ1v) is 10.2. The SMILES string of the molecule is Cc1cccc(N2CC(C(=O)Nn3cnc4c(cnn4-c4ccccc4)c3=O)CC2=O)c1. The minimum atomic E-state index is -0.572. The Bertz CT molecular complexity index is 1390. The Morgan fingerprint density at radius 1 is 1.06 bits per heavy atom. The summed E-state index contributed by atoms with van der Waals surface area (Å²) >= 11 is 0. The topological polar surface area (TPSA) is 102 Å². The minimum absolute atomic E-state index is 0.0795. The molecule has 0 saturated carbocycles. The molecular weight excluding hydrogens is 408 g/mol. The molecule has 1 fully saturated rings. The predicted molar refractivity (Wildman–Crippen MR) is 119 cm³/mol. The molecule has 9 nitrogen and oxygen atoms in total. The van der Waals surface area contributed by atoms with E-state index in [4.69, 9.17) is 0 Å². The number of fused-ring (bicyclic) bond motifs is 1. The summed E-state index contributed by atoms with van der Waals surface area (Å²) in [7, 11) is 0. The highest BCUT2D eigenvalue weighted by Gasteiger charge is 2.35. The first-order chi connectivity index (χ1) is 15.5. The number of carbonyl (C=O) groups excluding carboxylic acids is 2. The molecule has 1 atom stereocenters. The van der Waals surface area contributed by atoms with Gasteiger partial charge in [-0.05, 0) is 36.8 Å². The van der Waals surface area contributed by atoms with Crippen molar-refractivity contribution in [3.05, 3.63) is 83.0 Å². The van der Waals surface area contributed by atoms with Crippen molar-refractivity contribution in [2.45, 2.75) is 13.3 Å². The lowest BCUT2D eigenvalue weighted by Crippen LogP contribution is -2.37. The number of amides is 2. The lowest BCUT2D eigenvalue weighted by Gasteiger charge is -2.17. The van der Waals surface area contributed by atoms with Gasteiger partial charge >= 0.3 is 0 Å². The van der Waals surface area contributed by atoms with Gasteiger partial charge in [-0.3, -0.25) is 19.8 Å². The quantitative estimate of drug-likeness (QED) is 0.536. The van der Waals surface area contributed by atoms with Gasteiger partial charge in [-0.1, -0.05) is 30.3 Å². The molecule has 4 aromatic rings. The van der Waals surface area contributed by atoms with E-state index in [-0.39, 0.29) is 24.3 Å². The largest absolute Gasteiger partial charge is 0.312 e. The number of carbonyl (C=O) groups is 2. The summed E-state index contributed by atoms with van der Waals surface area (Å²) in [5.41, 5.74) is 5.11. The first-order valence-electron chi connectivity index (χ1n) is 10.2. The Kier molecular flexibility index (Phi) is 4.78. The Morgan fingerprint density at radius 3 is 2.62 bits per heavy atom. The summed E-state index contributed by atoms with van der Waals surface area (Å²) < 4.78 is 2.61. The van der Waals surface area contributed by atoms with Crippen molar-refractivity contribution >= 4 is 28.5 Å². The van der Waals surface area contributed by atoms with E-state index in [1.54, 1.807) is 9.58 Å². The van der Waals surface area contributed by atoms with Crippen molar-refractivity contribution < 1.29 is 9.59 Å². The minimum Gasteiger partial charge on any atom is -0.312 e. The van der Waals surface area contributed by atoms with E-state index < -0.39 is 17.4 Å². The fraction of sp³-hybridized carbons (Fsp3) is 0.174. The molecule has 5 rings (SSSR count). The molecule has 0 aliphatic carbocycles. The normalized spacial score (nSPS) is 16.0. The molecule has 1 saturated heterocycles. The van der Waals surface area contributed by atoms with Gasteiger partial charge < -0.3 is 4.90 Å². The van der Waals surface area contributed by atoms with E-state index in [0.29, 0.717) is 5.65 Å². The number of nitrogens with one attached hydrogen (secondary N) is 1. The summed E-state index contributed by atoms with van der Waals surface area (Å²) in [5.74, 6) is -1.11. The Labute approximate surface area is 182 Å². The maximum absolute atomic E-state index is 12.9. The van der Waals surface area contributed by atoms with Crippen LogP contribution in [0, 0.1) is 12.8 Å². The molecule has 1 aliphatic rings. The number of para-hydroxylation sites is 1. The number of anilines is 1. The molecule has 9 heteroatoms. The van der Waals surface area contributed by atoms with Gasteiger partial charge in [-0.2, -0.15) is 5.10 Å². The second-order valence-corrected chi connectivity index (χ2v) is 7.77. The van der Waals surface area contributed by atoms with Gasteiger partial charge in [0.1, 0.15) is 11.7 Å². The van der Waals surface area contributed by atoms with Crippen LogP contribution in [0.5, 0.6) is 0 Å². The summed E-state index contributed by atoms with van der Waals surface area (Å²) in [6.45, 7) is 2.20. The molecule has 160 valence electrons. The predicted octanol–water partition coefficient (Wildman–Crippen LogP) is 2.01. The number of aromatic nitrogens is 4. The van der Waals surface area contributed by atoms with Gasteiger partial charge in [0.25, 0.3) is 5.56 Å². The number of benzene rings is 2. The third kappa shape index (κ3) is 3.43.